The smallest absolute Gasteiger partial charge is 0.355 e. The minimum absolute atomic E-state index is 0.00323. The van der Waals surface area contributed by atoms with E-state index >= 15 is 0 Å². The van der Waals surface area contributed by atoms with Gasteiger partial charge in [-0.2, -0.15) is 0 Å². The van der Waals surface area contributed by atoms with Gasteiger partial charge in [0.1, 0.15) is 35.6 Å². The molecule has 2 aromatic heterocycles. The molecule has 0 spiro atoms. The summed E-state index contributed by atoms with van der Waals surface area (Å²) in [5, 5.41) is 51.4. The van der Waals surface area contributed by atoms with Gasteiger partial charge in [-0.15, -0.1) is 0 Å². The van der Waals surface area contributed by atoms with E-state index in [0.29, 0.717) is 10.9 Å². The van der Waals surface area contributed by atoms with Crippen molar-refractivity contribution in [1.82, 2.24) is 0 Å². The van der Waals surface area contributed by atoms with Crippen molar-refractivity contribution in [1.29, 1.82) is 0 Å². The first-order chi connectivity index (χ1) is 18.1. The standard InChI is InChI=1S/C26H24O12/c1-10(28)15-8-13-20-17(35-15)6-12(29)7-18(20)36-24(11-3-4-14(30)16(5-11)34-2)25(13)38-26-23(33)22(32)21(31)19(9-27)37-26/h3-8,19,21-23,26-27,30-33H,9H2,1-2H3/p+1/t19-,21-,22+,23-,26+/m1/s1. The number of ether oxygens (including phenoxy) is 3. The first-order valence-corrected chi connectivity index (χ1v) is 11.5. The number of carbonyl (C=O) groups excluding carboxylic acids is 1. The molecule has 12 heteroatoms. The van der Waals surface area contributed by atoms with Gasteiger partial charge in [-0.25, -0.2) is 0 Å². The summed E-state index contributed by atoms with van der Waals surface area (Å²) in [6.45, 7) is 0.709. The predicted octanol–water partition coefficient (Wildman–Crippen LogP) is 1.01. The molecule has 6 N–H and O–H groups in total. The van der Waals surface area contributed by atoms with E-state index in [0.717, 1.165) is 0 Å². The number of ketones is 1. The molecule has 0 unspecified atom stereocenters. The van der Waals surface area contributed by atoms with Gasteiger partial charge in [0.05, 0.1) is 26.0 Å². The van der Waals surface area contributed by atoms with E-state index < -0.39 is 42.7 Å². The second kappa shape index (κ2) is 9.74. The van der Waals surface area contributed by atoms with E-state index in [1.54, 1.807) is 0 Å². The highest BCUT2D eigenvalue weighted by atomic mass is 16.7. The fourth-order valence-electron chi connectivity index (χ4n) is 4.39. The number of aliphatic hydroxyl groups is 4. The van der Waals surface area contributed by atoms with Crippen LogP contribution in [-0.2, 0) is 4.74 Å². The van der Waals surface area contributed by atoms with Crippen molar-refractivity contribution >= 4 is 27.7 Å². The Bertz CT molecular complexity index is 1580. The van der Waals surface area contributed by atoms with E-state index in [1.807, 2.05) is 0 Å². The molecule has 1 fully saturated rings. The van der Waals surface area contributed by atoms with Crippen LogP contribution in [0.5, 0.6) is 17.2 Å². The lowest BCUT2D eigenvalue weighted by Crippen LogP contribution is -2.60. The summed E-state index contributed by atoms with van der Waals surface area (Å²) in [5.74, 6) is -0.303. The Morgan fingerprint density at radius 1 is 1.03 bits per heavy atom. The van der Waals surface area contributed by atoms with Gasteiger partial charge in [-0.05, 0) is 18.2 Å². The van der Waals surface area contributed by atoms with E-state index in [1.165, 1.54) is 50.4 Å². The maximum atomic E-state index is 12.4. The molecule has 0 saturated carbocycles. The van der Waals surface area contributed by atoms with Gasteiger partial charge in [-0.3, -0.25) is 9.59 Å². The molecule has 5 rings (SSSR count). The Balaban J connectivity index is 1.81. The number of methoxy groups -OCH3 is 1. The number of phenolic OH excluding ortho intramolecular Hbond substituents is 1. The van der Waals surface area contributed by atoms with Crippen LogP contribution in [0.1, 0.15) is 12.7 Å². The van der Waals surface area contributed by atoms with Crippen LogP contribution in [-0.4, -0.2) is 80.5 Å². The van der Waals surface area contributed by atoms with Crippen LogP contribution in [0.2, 0.25) is 0 Å². The van der Waals surface area contributed by atoms with Crippen molar-refractivity contribution in [2.75, 3.05) is 13.7 Å². The monoisotopic (exact) mass is 529 g/mol. The molecular weight excluding hydrogens is 504 g/mol. The maximum Gasteiger partial charge on any atom is 0.355 e. The van der Waals surface area contributed by atoms with E-state index in [-0.39, 0.29) is 51.1 Å². The predicted molar refractivity (Wildman–Crippen MR) is 132 cm³/mol. The second-order valence-electron chi connectivity index (χ2n) is 8.87. The third-order valence-corrected chi connectivity index (χ3v) is 6.35. The van der Waals surface area contributed by atoms with Gasteiger partial charge in [0.2, 0.25) is 12.1 Å². The van der Waals surface area contributed by atoms with Crippen LogP contribution in [0.15, 0.2) is 50.0 Å². The van der Waals surface area contributed by atoms with Gasteiger partial charge in [0, 0.05) is 29.1 Å². The number of hydrogen-bond acceptors (Lipinski definition) is 11. The summed E-state index contributed by atoms with van der Waals surface area (Å²) in [5.41, 5.74) is 0.0690. The summed E-state index contributed by atoms with van der Waals surface area (Å²) in [7, 11) is 1.35. The molecular formula is C26H25O12+. The van der Waals surface area contributed by atoms with Gasteiger partial charge in [-0.1, -0.05) is 0 Å². The SMILES string of the molecule is COc1cc(-c2oc3cc(=O)cc4oc(C(C)=[OH+])cc(c2O[C@@H]2O[C@H](CO)[C@@H](O)[C@H](O)[C@H]2O)c43)ccc1O. The zero-order chi connectivity index (χ0) is 27.3. The molecule has 0 aliphatic carbocycles. The molecule has 5 atom stereocenters. The molecule has 0 bridgehead atoms. The topological polar surface area (TPSA) is 194 Å². The summed E-state index contributed by atoms with van der Waals surface area (Å²) in [6, 6.07) is 8.16. The Hall–Kier alpha value is -3.94. The second-order valence-corrected chi connectivity index (χ2v) is 8.87. The zero-order valence-corrected chi connectivity index (χ0v) is 20.2. The van der Waals surface area contributed by atoms with Crippen molar-refractivity contribution in [3.05, 3.63) is 52.4 Å². The van der Waals surface area contributed by atoms with Gasteiger partial charge in [0.25, 0.3) is 0 Å². The molecule has 0 amide bonds. The Labute approximate surface area is 213 Å². The summed E-state index contributed by atoms with van der Waals surface area (Å²) < 4.78 is 28.6. The quantitative estimate of drug-likeness (QED) is 0.177. The lowest BCUT2D eigenvalue weighted by Gasteiger charge is -2.39. The van der Waals surface area contributed by atoms with Crippen LogP contribution in [0.3, 0.4) is 0 Å². The molecule has 0 radical (unpaired) electrons. The number of hydrogen-bond donors (Lipinski definition) is 5. The lowest BCUT2D eigenvalue weighted by molar-refractivity contribution is -0.277. The first kappa shape index (κ1) is 25.7. The average Bonchev–Trinajstić information content (AvgIpc) is 2.89. The van der Waals surface area contributed by atoms with E-state index in [9.17, 15) is 35.1 Å². The third-order valence-electron chi connectivity index (χ3n) is 6.35. The van der Waals surface area contributed by atoms with Crippen LogP contribution in [0.4, 0.5) is 0 Å². The minimum atomic E-state index is -1.74. The fraction of sp³-hybridized carbons (Fsp3) is 0.308. The number of rotatable bonds is 6. The van der Waals surface area contributed by atoms with Crippen LogP contribution in [0.25, 0.3) is 33.3 Å². The number of aliphatic hydroxyl groups excluding tert-OH is 4. The van der Waals surface area contributed by atoms with Crippen molar-refractivity contribution in [2.45, 2.75) is 37.6 Å². The minimum Gasteiger partial charge on any atom is -0.504 e. The van der Waals surface area contributed by atoms with Crippen molar-refractivity contribution in [2.24, 2.45) is 0 Å². The number of phenols is 1. The highest BCUT2D eigenvalue weighted by Gasteiger charge is 2.45. The first-order valence-electron chi connectivity index (χ1n) is 11.5. The highest BCUT2D eigenvalue weighted by Crippen LogP contribution is 2.44. The Kier molecular flexibility index (Phi) is 6.59. The molecule has 1 aliphatic heterocycles. The molecule has 2 aromatic carbocycles. The normalized spacial score (nSPS) is 23.6. The fourth-order valence-corrected chi connectivity index (χ4v) is 4.39. The average molecular weight is 529 g/mol. The molecule has 200 valence electrons. The van der Waals surface area contributed by atoms with Crippen molar-refractivity contribution in [3.63, 3.8) is 0 Å². The number of aromatic hydroxyl groups is 1. The van der Waals surface area contributed by atoms with Crippen LogP contribution >= 0.6 is 0 Å². The molecule has 1 saturated heterocycles. The molecule has 1 aliphatic rings. The van der Waals surface area contributed by atoms with Gasteiger partial charge >= 0.3 is 5.78 Å². The largest absolute Gasteiger partial charge is 0.504 e. The molecule has 12 nitrogen and oxygen atoms in total. The lowest BCUT2D eigenvalue weighted by atomic mass is 9.99. The zero-order valence-electron chi connectivity index (χ0n) is 20.2. The van der Waals surface area contributed by atoms with Gasteiger partial charge < -0.3 is 48.6 Å². The molecule has 38 heavy (non-hydrogen) atoms. The molecule has 3 heterocycles. The van der Waals surface area contributed by atoms with Gasteiger partial charge in [0.15, 0.2) is 28.4 Å². The third kappa shape index (κ3) is 4.27. The van der Waals surface area contributed by atoms with Crippen molar-refractivity contribution < 1.29 is 53.4 Å². The Morgan fingerprint density at radius 2 is 1.74 bits per heavy atom. The van der Waals surface area contributed by atoms with Crippen LogP contribution in [0, 0.1) is 0 Å². The van der Waals surface area contributed by atoms with E-state index in [4.69, 9.17) is 23.0 Å². The summed E-state index contributed by atoms with van der Waals surface area (Å²) >= 11 is 0. The summed E-state index contributed by atoms with van der Waals surface area (Å²) in [4.78, 5) is 22.6. The maximum absolute atomic E-state index is 12.4. The van der Waals surface area contributed by atoms with Crippen molar-refractivity contribution in [3.8, 4) is 28.6 Å². The van der Waals surface area contributed by atoms with Crippen LogP contribution < -0.4 is 14.9 Å². The Morgan fingerprint density at radius 3 is 2.39 bits per heavy atom. The summed E-state index contributed by atoms with van der Waals surface area (Å²) in [6.07, 6.45) is -7.89. The molecule has 4 aromatic rings. The van der Waals surface area contributed by atoms with E-state index in [2.05, 4.69) is 0 Å². The highest BCUT2D eigenvalue weighted by molar-refractivity contribution is 6.11. The number of benzene rings is 2.